The summed E-state index contributed by atoms with van der Waals surface area (Å²) in [5.74, 6) is -0.157. The molecular formula is C20H21F2NO5. The fraction of sp³-hybridized carbons (Fsp3) is 0.300. The van der Waals surface area contributed by atoms with Gasteiger partial charge in [0.25, 0.3) is 5.91 Å². The average molecular weight is 393 g/mol. The van der Waals surface area contributed by atoms with Gasteiger partial charge in [0, 0.05) is 6.54 Å². The van der Waals surface area contributed by atoms with Crippen molar-refractivity contribution in [1.82, 2.24) is 5.32 Å². The molecule has 28 heavy (non-hydrogen) atoms. The van der Waals surface area contributed by atoms with Crippen molar-refractivity contribution in [3.63, 3.8) is 0 Å². The molecule has 2 aromatic rings. The molecule has 1 amide bonds. The quantitative estimate of drug-likeness (QED) is 0.629. The molecule has 2 aromatic carbocycles. The number of benzene rings is 2. The minimum atomic E-state index is -2.86. The molecule has 1 N–H and O–H groups in total. The van der Waals surface area contributed by atoms with Gasteiger partial charge in [0.15, 0.2) is 6.61 Å². The van der Waals surface area contributed by atoms with Crippen LogP contribution in [0.15, 0.2) is 48.5 Å². The number of halogens is 2. The van der Waals surface area contributed by atoms with Gasteiger partial charge in [-0.25, -0.2) is 0 Å². The maximum absolute atomic E-state index is 12.1. The molecule has 0 aliphatic rings. The molecule has 0 saturated heterocycles. The first-order valence-corrected chi connectivity index (χ1v) is 8.55. The zero-order valence-electron chi connectivity index (χ0n) is 15.3. The van der Waals surface area contributed by atoms with Gasteiger partial charge in [-0.1, -0.05) is 24.3 Å². The molecule has 2 rings (SSSR count). The zero-order valence-corrected chi connectivity index (χ0v) is 15.3. The third-order valence-electron chi connectivity index (χ3n) is 3.76. The smallest absolute Gasteiger partial charge is 0.387 e. The number of hydrogen-bond acceptors (Lipinski definition) is 5. The highest BCUT2D eigenvalue weighted by Crippen LogP contribution is 2.15. The third-order valence-corrected chi connectivity index (χ3v) is 3.76. The van der Waals surface area contributed by atoms with Crippen molar-refractivity contribution in [1.29, 1.82) is 0 Å². The van der Waals surface area contributed by atoms with Gasteiger partial charge in [0.05, 0.1) is 13.5 Å². The first kappa shape index (κ1) is 21.1. The molecule has 150 valence electrons. The lowest BCUT2D eigenvalue weighted by Crippen LogP contribution is -2.30. The van der Waals surface area contributed by atoms with E-state index >= 15 is 0 Å². The number of carbonyl (C=O) groups excluding carboxylic acids is 2. The fourth-order valence-electron chi connectivity index (χ4n) is 2.34. The second kappa shape index (κ2) is 10.9. The molecule has 0 aliphatic heterocycles. The van der Waals surface area contributed by atoms with Gasteiger partial charge >= 0.3 is 12.6 Å². The minimum Gasteiger partial charge on any atom is -0.497 e. The number of amides is 1. The first-order chi connectivity index (χ1) is 13.5. The molecule has 0 radical (unpaired) electrons. The molecule has 0 fully saturated rings. The van der Waals surface area contributed by atoms with Crippen LogP contribution in [0.25, 0.3) is 0 Å². The van der Waals surface area contributed by atoms with E-state index in [1.807, 2.05) is 0 Å². The van der Waals surface area contributed by atoms with Crippen LogP contribution >= 0.6 is 0 Å². The van der Waals surface area contributed by atoms with Crippen LogP contribution in [-0.4, -0.2) is 38.7 Å². The van der Waals surface area contributed by atoms with Crippen LogP contribution in [0.4, 0.5) is 8.78 Å². The molecule has 0 bridgehead atoms. The van der Waals surface area contributed by atoms with Crippen molar-refractivity contribution < 1.29 is 32.6 Å². The van der Waals surface area contributed by atoms with Crippen LogP contribution in [0.1, 0.15) is 11.1 Å². The lowest BCUT2D eigenvalue weighted by molar-refractivity contribution is -0.147. The van der Waals surface area contributed by atoms with Gasteiger partial charge in [-0.2, -0.15) is 8.78 Å². The molecule has 8 heteroatoms. The van der Waals surface area contributed by atoms with Crippen LogP contribution < -0.4 is 14.8 Å². The second-order valence-electron chi connectivity index (χ2n) is 5.81. The predicted molar refractivity (Wildman–Crippen MR) is 97.4 cm³/mol. The van der Waals surface area contributed by atoms with E-state index in [0.29, 0.717) is 18.7 Å². The summed E-state index contributed by atoms with van der Waals surface area (Å²) in [7, 11) is 1.55. The van der Waals surface area contributed by atoms with E-state index in [4.69, 9.17) is 9.47 Å². The van der Waals surface area contributed by atoms with Crippen molar-refractivity contribution in [3.8, 4) is 11.5 Å². The summed E-state index contributed by atoms with van der Waals surface area (Å²) >= 11 is 0. The SMILES string of the molecule is COc1ccc(CC(=O)OCC(=O)NCCc2ccc(OC(F)F)cc2)cc1. The molecule has 0 unspecified atom stereocenters. The van der Waals surface area contributed by atoms with Crippen molar-refractivity contribution in [2.75, 3.05) is 20.3 Å². The second-order valence-corrected chi connectivity index (χ2v) is 5.81. The maximum atomic E-state index is 12.1. The Morgan fingerprint density at radius 2 is 1.57 bits per heavy atom. The summed E-state index contributed by atoms with van der Waals surface area (Å²) in [6.45, 7) is -2.90. The number of esters is 1. The summed E-state index contributed by atoms with van der Waals surface area (Å²) in [6, 6.07) is 13.1. The molecule has 0 atom stereocenters. The Balaban J connectivity index is 1.64. The number of hydrogen-bond donors (Lipinski definition) is 1. The van der Waals surface area contributed by atoms with Crippen LogP contribution in [0.3, 0.4) is 0 Å². The van der Waals surface area contributed by atoms with Gasteiger partial charge in [0.2, 0.25) is 0 Å². The minimum absolute atomic E-state index is 0.0598. The third kappa shape index (κ3) is 7.61. The zero-order chi connectivity index (χ0) is 20.4. The topological polar surface area (TPSA) is 73.9 Å². The van der Waals surface area contributed by atoms with E-state index < -0.39 is 18.5 Å². The van der Waals surface area contributed by atoms with Crippen LogP contribution in [-0.2, 0) is 27.2 Å². The van der Waals surface area contributed by atoms with Crippen LogP contribution in [0, 0.1) is 0 Å². The highest BCUT2D eigenvalue weighted by molar-refractivity contribution is 5.81. The molecule has 0 spiro atoms. The Morgan fingerprint density at radius 1 is 0.964 bits per heavy atom. The number of methoxy groups -OCH3 is 1. The molecule has 0 aromatic heterocycles. The summed E-state index contributed by atoms with van der Waals surface area (Å²) < 4.78 is 38.4. The van der Waals surface area contributed by atoms with Crippen molar-refractivity contribution in [2.45, 2.75) is 19.5 Å². The molecule has 0 saturated carbocycles. The molecule has 0 aliphatic carbocycles. The van der Waals surface area contributed by atoms with Gasteiger partial charge in [0.1, 0.15) is 11.5 Å². The van der Waals surface area contributed by atoms with E-state index in [2.05, 4.69) is 10.1 Å². The Morgan fingerprint density at radius 3 is 2.18 bits per heavy atom. The van der Waals surface area contributed by atoms with E-state index in [0.717, 1.165) is 11.1 Å². The van der Waals surface area contributed by atoms with Crippen molar-refractivity contribution >= 4 is 11.9 Å². The number of ether oxygens (including phenoxy) is 3. The van der Waals surface area contributed by atoms with Crippen LogP contribution in [0.5, 0.6) is 11.5 Å². The monoisotopic (exact) mass is 393 g/mol. The Bertz CT molecular complexity index is 763. The fourth-order valence-corrected chi connectivity index (χ4v) is 2.34. The van der Waals surface area contributed by atoms with E-state index in [1.54, 1.807) is 43.5 Å². The van der Waals surface area contributed by atoms with E-state index in [-0.39, 0.29) is 18.8 Å². The van der Waals surface area contributed by atoms with Crippen molar-refractivity contribution in [2.24, 2.45) is 0 Å². The summed E-state index contributed by atoms with van der Waals surface area (Å²) in [4.78, 5) is 23.5. The summed E-state index contributed by atoms with van der Waals surface area (Å²) in [5, 5.41) is 2.63. The molecule has 0 heterocycles. The maximum Gasteiger partial charge on any atom is 0.387 e. The average Bonchev–Trinajstić information content (AvgIpc) is 2.68. The first-order valence-electron chi connectivity index (χ1n) is 8.55. The van der Waals surface area contributed by atoms with E-state index in [1.165, 1.54) is 12.1 Å². The Kier molecular flexibility index (Phi) is 8.20. The lowest BCUT2D eigenvalue weighted by Gasteiger charge is -2.08. The Labute approximate surface area is 161 Å². The van der Waals surface area contributed by atoms with Crippen molar-refractivity contribution in [3.05, 3.63) is 59.7 Å². The molecular weight excluding hydrogens is 372 g/mol. The van der Waals surface area contributed by atoms with E-state index in [9.17, 15) is 18.4 Å². The molecule has 6 nitrogen and oxygen atoms in total. The number of nitrogens with one attached hydrogen (secondary N) is 1. The highest BCUT2D eigenvalue weighted by atomic mass is 19.3. The summed E-state index contributed by atoms with van der Waals surface area (Å²) in [5.41, 5.74) is 1.60. The number of rotatable bonds is 10. The Hall–Kier alpha value is -3.16. The van der Waals surface area contributed by atoms with Gasteiger partial charge < -0.3 is 19.5 Å². The van der Waals surface area contributed by atoms with Crippen LogP contribution in [0.2, 0.25) is 0 Å². The number of alkyl halides is 2. The normalized spacial score (nSPS) is 10.4. The number of carbonyl (C=O) groups is 2. The largest absolute Gasteiger partial charge is 0.497 e. The highest BCUT2D eigenvalue weighted by Gasteiger charge is 2.09. The summed E-state index contributed by atoms with van der Waals surface area (Å²) in [6.07, 6.45) is 0.560. The lowest BCUT2D eigenvalue weighted by atomic mass is 10.1. The predicted octanol–water partition coefficient (Wildman–Crippen LogP) is 2.74. The standard InChI is InChI=1S/C20H21F2NO5/c1-26-16-6-4-15(5-7-16)12-19(25)27-13-18(24)23-11-10-14-2-8-17(9-3-14)28-20(21)22/h2-9,20H,10-13H2,1H3,(H,23,24). The van der Waals surface area contributed by atoms with Gasteiger partial charge in [-0.3, -0.25) is 9.59 Å². The van der Waals surface area contributed by atoms with Gasteiger partial charge in [-0.05, 0) is 41.8 Å². The van der Waals surface area contributed by atoms with Gasteiger partial charge in [-0.15, -0.1) is 0 Å².